The summed E-state index contributed by atoms with van der Waals surface area (Å²) in [5.41, 5.74) is 6.39. The van der Waals surface area contributed by atoms with Crippen molar-refractivity contribution in [1.82, 2.24) is 5.32 Å². The fourth-order valence-corrected chi connectivity index (χ4v) is 2.89. The summed E-state index contributed by atoms with van der Waals surface area (Å²) in [5.74, 6) is -1.11. The molecule has 6 nitrogen and oxygen atoms in total. The van der Waals surface area contributed by atoms with E-state index in [-0.39, 0.29) is 5.56 Å². The molecule has 0 spiro atoms. The number of nitrogens with two attached hydrogens (primary N) is 1. The number of esters is 1. The first-order chi connectivity index (χ1) is 11.4. The number of ether oxygens (including phenoxy) is 1. The molecule has 0 heterocycles. The van der Waals surface area contributed by atoms with Gasteiger partial charge >= 0.3 is 5.97 Å². The molecule has 1 aromatic carbocycles. The molecule has 1 atom stereocenters. The normalized spacial score (nSPS) is 17.4. The Morgan fingerprint density at radius 1 is 1.33 bits per heavy atom. The number of hydrogen-bond donors (Lipinski definition) is 2. The highest BCUT2D eigenvalue weighted by Gasteiger charge is 2.35. The van der Waals surface area contributed by atoms with Gasteiger partial charge in [-0.1, -0.05) is 31.4 Å². The van der Waals surface area contributed by atoms with Crippen LogP contribution in [0, 0.1) is 18.3 Å². The molecule has 24 heavy (non-hydrogen) atoms. The van der Waals surface area contributed by atoms with E-state index in [2.05, 4.69) is 11.4 Å². The van der Waals surface area contributed by atoms with Crippen molar-refractivity contribution in [2.75, 3.05) is 5.73 Å². The monoisotopic (exact) mass is 329 g/mol. The number of rotatable bonds is 4. The van der Waals surface area contributed by atoms with Crippen LogP contribution in [-0.2, 0) is 9.53 Å². The van der Waals surface area contributed by atoms with Gasteiger partial charge in [0.25, 0.3) is 5.91 Å². The van der Waals surface area contributed by atoms with Crippen LogP contribution < -0.4 is 11.1 Å². The number of benzene rings is 1. The molecule has 2 rings (SSSR count). The molecular formula is C18H23N3O3. The van der Waals surface area contributed by atoms with Crippen LogP contribution >= 0.6 is 0 Å². The van der Waals surface area contributed by atoms with Gasteiger partial charge in [0.1, 0.15) is 5.54 Å². The average molecular weight is 329 g/mol. The number of hydrogen-bond acceptors (Lipinski definition) is 5. The first-order valence-electron chi connectivity index (χ1n) is 8.18. The quantitative estimate of drug-likeness (QED) is 0.652. The number of para-hydroxylation sites is 1. The third-order valence-electron chi connectivity index (χ3n) is 4.48. The Morgan fingerprint density at radius 3 is 2.62 bits per heavy atom. The van der Waals surface area contributed by atoms with Gasteiger partial charge in [0.2, 0.25) is 0 Å². The zero-order valence-electron chi connectivity index (χ0n) is 14.1. The molecule has 0 bridgehead atoms. The molecule has 6 heteroatoms. The first-order valence-corrected chi connectivity index (χ1v) is 8.18. The van der Waals surface area contributed by atoms with Crippen LogP contribution in [0.25, 0.3) is 0 Å². The second kappa shape index (κ2) is 7.35. The molecular weight excluding hydrogens is 306 g/mol. The van der Waals surface area contributed by atoms with Crippen molar-refractivity contribution in [1.29, 1.82) is 5.26 Å². The second-order valence-electron chi connectivity index (χ2n) is 6.33. The number of nitrogens with one attached hydrogen (secondary N) is 1. The summed E-state index contributed by atoms with van der Waals surface area (Å²) in [6.07, 6.45) is 3.13. The molecule has 0 unspecified atom stereocenters. The van der Waals surface area contributed by atoms with Crippen molar-refractivity contribution in [3.05, 3.63) is 29.3 Å². The maximum absolute atomic E-state index is 12.3. The third kappa shape index (κ3) is 3.85. The number of nitrogens with zero attached hydrogens (tertiary/aromatic N) is 1. The van der Waals surface area contributed by atoms with E-state index in [4.69, 9.17) is 10.5 Å². The standard InChI is InChI=1S/C18H23N3O3/c1-12-7-6-8-14(15(12)20)17(23)24-13(2)16(22)21-18(11-19)9-4-3-5-10-18/h6-8,13H,3-5,9-10,20H2,1-2H3,(H,21,22)/t13-/m0/s1. The molecule has 1 aliphatic carbocycles. The number of nitrogen functional groups attached to an aromatic ring is 1. The first kappa shape index (κ1) is 17.8. The summed E-state index contributed by atoms with van der Waals surface area (Å²) < 4.78 is 5.22. The van der Waals surface area contributed by atoms with Gasteiger partial charge in [0.05, 0.1) is 11.6 Å². The van der Waals surface area contributed by atoms with Crippen molar-refractivity contribution in [2.24, 2.45) is 0 Å². The Kier molecular flexibility index (Phi) is 5.45. The zero-order valence-corrected chi connectivity index (χ0v) is 14.1. The van der Waals surface area contributed by atoms with E-state index in [0.717, 1.165) is 24.8 Å². The number of amides is 1. The highest BCUT2D eigenvalue weighted by Crippen LogP contribution is 2.27. The van der Waals surface area contributed by atoms with Crippen molar-refractivity contribution >= 4 is 17.6 Å². The Hall–Kier alpha value is -2.55. The largest absolute Gasteiger partial charge is 0.449 e. The number of aryl methyl sites for hydroxylation is 1. The van der Waals surface area contributed by atoms with E-state index in [0.29, 0.717) is 18.5 Å². The molecule has 1 aliphatic rings. The van der Waals surface area contributed by atoms with Gasteiger partial charge in [-0.15, -0.1) is 0 Å². The zero-order chi connectivity index (χ0) is 17.7. The van der Waals surface area contributed by atoms with Crippen LogP contribution in [-0.4, -0.2) is 23.5 Å². The fraction of sp³-hybridized carbons (Fsp3) is 0.500. The van der Waals surface area contributed by atoms with E-state index in [1.165, 1.54) is 6.92 Å². The highest BCUT2D eigenvalue weighted by molar-refractivity contribution is 5.97. The summed E-state index contributed by atoms with van der Waals surface area (Å²) in [4.78, 5) is 24.6. The molecule has 128 valence electrons. The Morgan fingerprint density at radius 2 is 2.00 bits per heavy atom. The maximum atomic E-state index is 12.3. The minimum absolute atomic E-state index is 0.238. The van der Waals surface area contributed by atoms with Gasteiger partial charge in [-0.2, -0.15) is 5.26 Å². The van der Waals surface area contributed by atoms with Gasteiger partial charge in [-0.05, 0) is 38.3 Å². The number of nitriles is 1. The van der Waals surface area contributed by atoms with Crippen molar-refractivity contribution in [3.8, 4) is 6.07 Å². The van der Waals surface area contributed by atoms with Crippen LogP contribution in [0.1, 0.15) is 54.9 Å². The van der Waals surface area contributed by atoms with Gasteiger partial charge in [0, 0.05) is 5.69 Å². The van der Waals surface area contributed by atoms with Gasteiger partial charge < -0.3 is 15.8 Å². The van der Waals surface area contributed by atoms with Crippen molar-refractivity contribution in [2.45, 2.75) is 57.6 Å². The summed E-state index contributed by atoms with van der Waals surface area (Å²) in [7, 11) is 0. The lowest BCUT2D eigenvalue weighted by Gasteiger charge is -2.32. The molecule has 1 fully saturated rings. The van der Waals surface area contributed by atoms with E-state index in [9.17, 15) is 14.9 Å². The molecule has 0 radical (unpaired) electrons. The predicted molar refractivity (Wildman–Crippen MR) is 90.0 cm³/mol. The minimum Gasteiger partial charge on any atom is -0.449 e. The van der Waals surface area contributed by atoms with E-state index in [1.54, 1.807) is 25.1 Å². The summed E-state index contributed by atoms with van der Waals surface area (Å²) >= 11 is 0. The van der Waals surface area contributed by atoms with Gasteiger partial charge in [0.15, 0.2) is 6.10 Å². The lowest BCUT2D eigenvalue weighted by Crippen LogP contribution is -2.52. The molecule has 0 aromatic heterocycles. The number of carbonyl (C=O) groups is 2. The molecule has 1 saturated carbocycles. The van der Waals surface area contributed by atoms with Gasteiger partial charge in [-0.25, -0.2) is 4.79 Å². The van der Waals surface area contributed by atoms with Crippen LogP contribution in [0.3, 0.4) is 0 Å². The summed E-state index contributed by atoms with van der Waals surface area (Å²) in [6.45, 7) is 3.29. The number of carbonyl (C=O) groups excluding carboxylic acids is 2. The van der Waals surface area contributed by atoms with Gasteiger partial charge in [-0.3, -0.25) is 4.79 Å². The van der Waals surface area contributed by atoms with Crippen LogP contribution in [0.2, 0.25) is 0 Å². The molecule has 1 aromatic rings. The highest BCUT2D eigenvalue weighted by atomic mass is 16.5. The van der Waals surface area contributed by atoms with E-state index >= 15 is 0 Å². The van der Waals surface area contributed by atoms with Crippen molar-refractivity contribution < 1.29 is 14.3 Å². The predicted octanol–water partition coefficient (Wildman–Crippen LogP) is 2.47. The Balaban J connectivity index is 2.02. The topological polar surface area (TPSA) is 105 Å². The SMILES string of the molecule is Cc1cccc(C(=O)O[C@@H](C)C(=O)NC2(C#N)CCCCC2)c1N. The lowest BCUT2D eigenvalue weighted by atomic mass is 9.83. The average Bonchev–Trinajstić information content (AvgIpc) is 2.58. The fourth-order valence-electron chi connectivity index (χ4n) is 2.89. The van der Waals surface area contributed by atoms with Crippen LogP contribution in [0.15, 0.2) is 18.2 Å². The summed E-state index contributed by atoms with van der Waals surface area (Å²) in [6, 6.07) is 7.28. The lowest BCUT2D eigenvalue weighted by molar-refractivity contribution is -0.130. The third-order valence-corrected chi connectivity index (χ3v) is 4.48. The molecule has 0 saturated heterocycles. The minimum atomic E-state index is -0.996. The molecule has 1 amide bonds. The summed E-state index contributed by atoms with van der Waals surface area (Å²) in [5, 5.41) is 12.2. The van der Waals surface area contributed by atoms with Crippen molar-refractivity contribution in [3.63, 3.8) is 0 Å². The Bertz CT molecular complexity index is 673. The number of anilines is 1. The molecule has 0 aliphatic heterocycles. The van der Waals surface area contributed by atoms with Crippen LogP contribution in [0.5, 0.6) is 0 Å². The Labute approximate surface area is 142 Å². The van der Waals surface area contributed by atoms with E-state index in [1.807, 2.05) is 0 Å². The second-order valence-corrected chi connectivity index (χ2v) is 6.33. The smallest absolute Gasteiger partial charge is 0.341 e. The maximum Gasteiger partial charge on any atom is 0.341 e. The molecule has 3 N–H and O–H groups in total. The van der Waals surface area contributed by atoms with E-state index < -0.39 is 23.5 Å². The van der Waals surface area contributed by atoms with Crippen LogP contribution in [0.4, 0.5) is 5.69 Å².